The highest BCUT2D eigenvalue weighted by Gasteiger charge is 2.33. The molecule has 0 radical (unpaired) electrons. The zero-order valence-corrected chi connectivity index (χ0v) is 41.1. The Kier molecular flexibility index (Phi) is 10.8. The number of hydrogen-bond acceptors (Lipinski definition) is 12. The first-order chi connectivity index (χ1) is 37.0. The maximum atomic E-state index is 13.7. The number of benzene rings is 4. The minimum atomic E-state index is -0.691. The van der Waals surface area contributed by atoms with E-state index in [-0.39, 0.29) is 0 Å². The number of H-pyrrole nitrogens is 4. The van der Waals surface area contributed by atoms with Crippen LogP contribution < -0.4 is 41.4 Å². The second-order valence-corrected chi connectivity index (χ2v) is 18.7. The van der Waals surface area contributed by atoms with Gasteiger partial charge in [-0.3, -0.25) is 0 Å². The van der Waals surface area contributed by atoms with Crippen molar-refractivity contribution in [3.63, 3.8) is 0 Å². The van der Waals surface area contributed by atoms with Crippen LogP contribution in [-0.2, 0) is 0 Å². The van der Waals surface area contributed by atoms with Gasteiger partial charge in [-0.25, -0.2) is 19.2 Å². The third-order valence-corrected chi connectivity index (χ3v) is 14.6. The number of methoxy groups -OCH3 is 4. The summed E-state index contributed by atoms with van der Waals surface area (Å²) in [4.78, 5) is 69.9. The summed E-state index contributed by atoms with van der Waals surface area (Å²) in [6.45, 7) is 0. The van der Waals surface area contributed by atoms with Gasteiger partial charge >= 0.3 is 22.5 Å². The van der Waals surface area contributed by atoms with Crippen molar-refractivity contribution in [1.29, 1.82) is 0 Å². The first kappa shape index (κ1) is 45.9. The van der Waals surface area contributed by atoms with Crippen LogP contribution in [0, 0.1) is 0 Å². The van der Waals surface area contributed by atoms with E-state index in [0.717, 1.165) is 0 Å². The summed E-state index contributed by atoms with van der Waals surface area (Å²) < 4.78 is 46.0. The molecule has 0 aliphatic carbocycles. The fourth-order valence-corrected chi connectivity index (χ4v) is 11.2. The highest BCUT2D eigenvalue weighted by Crippen LogP contribution is 2.45. The Bertz CT molecular complexity index is 3880. The van der Waals surface area contributed by atoms with Gasteiger partial charge in [-0.1, -0.05) is 0 Å². The van der Waals surface area contributed by atoms with Crippen LogP contribution >= 0.6 is 0 Å². The zero-order chi connectivity index (χ0) is 51.9. The monoisotopic (exact) mass is 1010 g/mol. The molecule has 1 aliphatic heterocycles. The van der Waals surface area contributed by atoms with Crippen molar-refractivity contribution in [1.82, 2.24) is 19.9 Å². The SMILES string of the molecule is COc1ccc2oc(=O)cc(C3c4ccc([nH]4)C(c4cc(=O)oc5ccc(OC)cc45)c4ccc([nH]4)C(c4cc(=O)oc5ccc(OC)cc45)c4ccc([nH]4)C(c4cc(=O)oc5ccc(OC)cc45)c4ccc3[nH]4)c2c1. The molecule has 0 saturated heterocycles. The van der Waals surface area contributed by atoms with Gasteiger partial charge in [-0.15, -0.1) is 0 Å². The molecule has 13 rings (SSSR count). The van der Waals surface area contributed by atoms with Crippen molar-refractivity contribution in [2.75, 3.05) is 28.4 Å². The normalized spacial score (nSPS) is 16.4. The molecule has 8 bridgehead atoms. The van der Waals surface area contributed by atoms with Crippen LogP contribution in [0.3, 0.4) is 0 Å². The summed E-state index contributed by atoms with van der Waals surface area (Å²) >= 11 is 0. The van der Waals surface area contributed by atoms with Crippen molar-refractivity contribution in [2.24, 2.45) is 0 Å². The van der Waals surface area contributed by atoms with Gasteiger partial charge in [-0.05, 0) is 144 Å². The molecule has 0 unspecified atom stereocenters. The quantitative estimate of drug-likeness (QED) is 0.104. The molecule has 1 aliphatic rings. The van der Waals surface area contributed by atoms with Crippen molar-refractivity contribution in [3.05, 3.63) is 255 Å². The lowest BCUT2D eigenvalue weighted by Gasteiger charge is -2.22. The number of ether oxygens (including phenoxy) is 4. The number of aromatic amines is 4. The van der Waals surface area contributed by atoms with Gasteiger partial charge in [0.2, 0.25) is 0 Å². The smallest absolute Gasteiger partial charge is 0.336 e. The average molecular weight is 1010 g/mol. The second-order valence-electron chi connectivity index (χ2n) is 18.7. The highest BCUT2D eigenvalue weighted by molar-refractivity contribution is 5.87. The number of nitrogens with one attached hydrogen (secondary N) is 4. The Labute approximate surface area is 429 Å². The van der Waals surface area contributed by atoms with Crippen LogP contribution in [0.1, 0.15) is 91.5 Å². The minimum Gasteiger partial charge on any atom is -0.497 e. The van der Waals surface area contributed by atoms with E-state index in [2.05, 4.69) is 19.9 Å². The molecule has 0 amide bonds. The van der Waals surface area contributed by atoms with Gasteiger partial charge in [0, 0.05) is 91.4 Å². The maximum Gasteiger partial charge on any atom is 0.336 e. The molecular weight excluding hydrogens is 969 g/mol. The van der Waals surface area contributed by atoms with Gasteiger partial charge in [0.05, 0.1) is 52.1 Å². The average Bonchev–Trinajstić information content (AvgIpc) is 4.30. The van der Waals surface area contributed by atoms with Gasteiger partial charge in [-0.2, -0.15) is 0 Å². The Morgan fingerprint density at radius 1 is 0.289 bits per heavy atom. The molecule has 0 saturated carbocycles. The fourth-order valence-electron chi connectivity index (χ4n) is 11.2. The van der Waals surface area contributed by atoms with Gasteiger partial charge in [0.15, 0.2) is 0 Å². The van der Waals surface area contributed by atoms with Crippen LogP contribution in [0.25, 0.3) is 43.9 Å². The summed E-state index contributed by atoms with van der Waals surface area (Å²) in [5.41, 5.74) is 7.02. The van der Waals surface area contributed by atoms with E-state index >= 15 is 0 Å². The molecule has 4 N–H and O–H groups in total. The Hall–Kier alpha value is -9.96. The van der Waals surface area contributed by atoms with E-state index < -0.39 is 46.2 Å². The van der Waals surface area contributed by atoms with E-state index in [0.29, 0.717) is 135 Å². The van der Waals surface area contributed by atoms with E-state index in [4.69, 9.17) is 36.6 Å². The standard InChI is InChI=1S/C60H44N4O12/c1-69-29-5-17-49-33(21-29)37(25-53(65)73-49)57-41-9-11-43(61-41)58(38-26-54(66)74-50-18-6-30(70-2)22-34(38)50)45-13-15-47(63-45)60(40-28-56(68)76-52-20-8-32(72-4)24-36(40)52)48-16-14-46(64-48)59(44-12-10-42(57)62-44)39-27-55(67)75-51-19-7-31(71-3)23-35(39)51/h5-28,57-64H,1-4H3. The summed E-state index contributed by atoms with van der Waals surface area (Å²) in [6, 6.07) is 42.8. The zero-order valence-electron chi connectivity index (χ0n) is 41.1. The number of fused-ring (bicyclic) bond motifs is 12. The molecule has 76 heavy (non-hydrogen) atoms. The van der Waals surface area contributed by atoms with Crippen LogP contribution in [0.4, 0.5) is 0 Å². The Morgan fingerprint density at radius 2 is 0.487 bits per heavy atom. The predicted octanol–water partition coefficient (Wildman–Crippen LogP) is 10.5. The third kappa shape index (κ3) is 7.68. The lowest BCUT2D eigenvalue weighted by molar-refractivity contribution is 0.415. The van der Waals surface area contributed by atoms with E-state index in [9.17, 15) is 19.2 Å². The number of aromatic nitrogens is 4. The summed E-state index contributed by atoms with van der Waals surface area (Å²) in [7, 11) is 6.29. The molecule has 0 fully saturated rings. The van der Waals surface area contributed by atoms with Crippen LogP contribution in [0.15, 0.2) is 182 Å². The molecule has 12 aromatic rings. The molecule has 4 aromatic carbocycles. The fraction of sp³-hybridized carbons (Fsp3) is 0.133. The molecule has 0 spiro atoms. The third-order valence-electron chi connectivity index (χ3n) is 14.6. The van der Waals surface area contributed by atoms with E-state index in [1.54, 1.807) is 77.0 Å². The summed E-state index contributed by atoms with van der Waals surface area (Å²) in [5, 5.41) is 2.52. The summed E-state index contributed by atoms with van der Waals surface area (Å²) in [6.07, 6.45) is 0. The second kappa shape index (κ2) is 17.9. The first-order valence-electron chi connectivity index (χ1n) is 24.3. The minimum absolute atomic E-state index is 0.354. The summed E-state index contributed by atoms with van der Waals surface area (Å²) in [5.74, 6) is -0.551. The molecule has 16 nitrogen and oxygen atoms in total. The maximum absolute atomic E-state index is 13.7. The number of rotatable bonds is 8. The van der Waals surface area contributed by atoms with Gasteiger partial charge in [0.1, 0.15) is 45.3 Å². The van der Waals surface area contributed by atoms with Crippen molar-refractivity contribution >= 4 is 43.9 Å². The first-order valence-corrected chi connectivity index (χ1v) is 24.3. The Balaban J connectivity index is 1.14. The van der Waals surface area contributed by atoms with Crippen LogP contribution in [-0.4, -0.2) is 48.4 Å². The van der Waals surface area contributed by atoms with Crippen LogP contribution in [0.2, 0.25) is 0 Å². The van der Waals surface area contributed by atoms with Crippen molar-refractivity contribution < 1.29 is 36.6 Å². The van der Waals surface area contributed by atoms with Crippen molar-refractivity contribution in [3.8, 4) is 23.0 Å². The number of hydrogen-bond donors (Lipinski definition) is 4. The van der Waals surface area contributed by atoms with Gasteiger partial charge in [0.25, 0.3) is 0 Å². The van der Waals surface area contributed by atoms with Crippen molar-refractivity contribution in [2.45, 2.75) is 23.7 Å². The molecule has 0 atom stereocenters. The molecule has 9 heterocycles. The van der Waals surface area contributed by atoms with Gasteiger partial charge < -0.3 is 56.6 Å². The van der Waals surface area contributed by atoms with E-state index in [1.165, 1.54) is 24.3 Å². The topological polar surface area (TPSA) is 221 Å². The van der Waals surface area contributed by atoms with Crippen LogP contribution in [0.5, 0.6) is 23.0 Å². The predicted molar refractivity (Wildman–Crippen MR) is 283 cm³/mol. The largest absolute Gasteiger partial charge is 0.497 e. The Morgan fingerprint density at radius 3 is 0.671 bits per heavy atom. The van der Waals surface area contributed by atoms with E-state index in [1.807, 2.05) is 72.8 Å². The lowest BCUT2D eigenvalue weighted by Crippen LogP contribution is -2.14. The lowest BCUT2D eigenvalue weighted by atomic mass is 9.90. The highest BCUT2D eigenvalue weighted by atomic mass is 16.5. The molecule has 376 valence electrons. The molecule has 16 heteroatoms. The molecule has 8 aromatic heterocycles. The molecular formula is C60H44N4O12.